The van der Waals surface area contributed by atoms with Crippen molar-refractivity contribution in [3.05, 3.63) is 83.1 Å². The van der Waals surface area contributed by atoms with E-state index in [2.05, 4.69) is 32.9 Å². The minimum atomic E-state index is 0.676. The van der Waals surface area contributed by atoms with Gasteiger partial charge in [0.1, 0.15) is 0 Å². The van der Waals surface area contributed by atoms with Gasteiger partial charge in [0, 0.05) is 37.6 Å². The maximum absolute atomic E-state index is 5.91. The first kappa shape index (κ1) is 17.0. The number of benzene rings is 2. The second-order valence-corrected chi connectivity index (χ2v) is 5.96. The van der Waals surface area contributed by atoms with Crippen molar-refractivity contribution in [1.82, 2.24) is 20.4 Å². The average Bonchev–Trinajstić information content (AvgIpc) is 3.18. The zero-order valence-corrected chi connectivity index (χ0v) is 14.7. The smallest absolute Gasteiger partial charge is 0.191 e. The summed E-state index contributed by atoms with van der Waals surface area (Å²) < 4.78 is 1.84. The summed E-state index contributed by atoms with van der Waals surface area (Å²) >= 11 is 5.91. The minimum Gasteiger partial charge on any atom is -0.352 e. The van der Waals surface area contributed by atoms with Crippen LogP contribution in [0.3, 0.4) is 0 Å². The molecule has 0 bridgehead atoms. The Hall–Kier alpha value is -2.79. The molecule has 25 heavy (non-hydrogen) atoms. The number of hydrogen-bond acceptors (Lipinski definition) is 2. The molecule has 0 spiro atoms. The molecule has 0 fully saturated rings. The lowest BCUT2D eigenvalue weighted by Gasteiger charge is -2.13. The van der Waals surface area contributed by atoms with Crippen molar-refractivity contribution in [3.63, 3.8) is 0 Å². The van der Waals surface area contributed by atoms with Gasteiger partial charge in [0.05, 0.1) is 5.69 Å². The molecule has 0 aliphatic rings. The SMILES string of the molecule is CN=C(NCc1ccc(Cl)cc1)NCc1cccc(-n2cccn2)c1. The molecule has 0 atom stereocenters. The molecule has 0 saturated heterocycles. The van der Waals surface area contributed by atoms with Gasteiger partial charge in [-0.2, -0.15) is 5.10 Å². The van der Waals surface area contributed by atoms with Crippen LogP contribution < -0.4 is 10.6 Å². The second kappa shape index (κ2) is 8.35. The van der Waals surface area contributed by atoms with E-state index in [1.54, 1.807) is 13.2 Å². The molecule has 5 nitrogen and oxygen atoms in total. The van der Waals surface area contributed by atoms with Crippen LogP contribution in [-0.2, 0) is 13.1 Å². The van der Waals surface area contributed by atoms with Crippen molar-refractivity contribution >= 4 is 17.6 Å². The highest BCUT2D eigenvalue weighted by atomic mass is 35.5. The number of aliphatic imine (C=N–C) groups is 1. The fourth-order valence-corrected chi connectivity index (χ4v) is 2.55. The van der Waals surface area contributed by atoms with Crippen LogP contribution in [-0.4, -0.2) is 22.8 Å². The molecule has 1 aromatic heterocycles. The third-order valence-electron chi connectivity index (χ3n) is 3.74. The van der Waals surface area contributed by atoms with Crippen molar-refractivity contribution in [3.8, 4) is 5.69 Å². The standard InChI is InChI=1S/C19H20ClN5/c1-21-19(22-13-15-6-8-17(20)9-7-15)23-14-16-4-2-5-18(12-16)25-11-3-10-24-25/h2-12H,13-14H2,1H3,(H2,21,22,23). The van der Waals surface area contributed by atoms with Crippen LogP contribution in [0.1, 0.15) is 11.1 Å². The van der Waals surface area contributed by atoms with Crippen LogP contribution in [0.2, 0.25) is 5.02 Å². The maximum atomic E-state index is 5.91. The fraction of sp³-hybridized carbons (Fsp3) is 0.158. The lowest BCUT2D eigenvalue weighted by atomic mass is 10.2. The monoisotopic (exact) mass is 353 g/mol. The number of aromatic nitrogens is 2. The number of guanidine groups is 1. The molecule has 0 unspecified atom stereocenters. The van der Waals surface area contributed by atoms with Gasteiger partial charge in [-0.25, -0.2) is 4.68 Å². The van der Waals surface area contributed by atoms with Crippen molar-refractivity contribution in [2.45, 2.75) is 13.1 Å². The van der Waals surface area contributed by atoms with Crippen LogP contribution in [0.4, 0.5) is 0 Å². The Morgan fingerprint density at radius 3 is 2.48 bits per heavy atom. The first-order valence-corrected chi connectivity index (χ1v) is 8.40. The Kier molecular flexibility index (Phi) is 5.69. The van der Waals surface area contributed by atoms with Gasteiger partial charge in [-0.1, -0.05) is 35.9 Å². The number of nitrogens with one attached hydrogen (secondary N) is 2. The van der Waals surface area contributed by atoms with E-state index in [4.69, 9.17) is 11.6 Å². The minimum absolute atomic E-state index is 0.676. The number of halogens is 1. The Balaban J connectivity index is 1.56. The van der Waals surface area contributed by atoms with E-state index < -0.39 is 0 Å². The summed E-state index contributed by atoms with van der Waals surface area (Å²) in [4.78, 5) is 4.26. The molecule has 0 aliphatic carbocycles. The molecule has 3 rings (SSSR count). The van der Waals surface area contributed by atoms with Gasteiger partial charge in [-0.3, -0.25) is 4.99 Å². The third-order valence-corrected chi connectivity index (χ3v) is 3.99. The van der Waals surface area contributed by atoms with E-state index in [0.29, 0.717) is 13.1 Å². The van der Waals surface area contributed by atoms with Gasteiger partial charge in [0.15, 0.2) is 5.96 Å². The van der Waals surface area contributed by atoms with Crippen LogP contribution in [0.15, 0.2) is 72.0 Å². The fourth-order valence-electron chi connectivity index (χ4n) is 2.42. The molecule has 6 heteroatoms. The highest BCUT2D eigenvalue weighted by molar-refractivity contribution is 6.30. The summed E-state index contributed by atoms with van der Waals surface area (Å²) in [5.74, 6) is 0.749. The highest BCUT2D eigenvalue weighted by Gasteiger charge is 2.02. The van der Waals surface area contributed by atoms with E-state index in [1.165, 1.54) is 0 Å². The Morgan fingerprint density at radius 1 is 1.04 bits per heavy atom. The Labute approximate surface area is 152 Å². The van der Waals surface area contributed by atoms with Crippen LogP contribution >= 0.6 is 11.6 Å². The van der Waals surface area contributed by atoms with E-state index >= 15 is 0 Å². The summed E-state index contributed by atoms with van der Waals surface area (Å²) in [6.07, 6.45) is 3.70. The molecule has 1 heterocycles. The predicted octanol–water partition coefficient (Wildman–Crippen LogP) is 3.39. The quantitative estimate of drug-likeness (QED) is 0.546. The van der Waals surface area contributed by atoms with Crippen molar-refractivity contribution in [2.24, 2.45) is 4.99 Å². The first-order chi connectivity index (χ1) is 12.2. The van der Waals surface area contributed by atoms with Gasteiger partial charge >= 0.3 is 0 Å². The van der Waals surface area contributed by atoms with Gasteiger partial charge in [0.25, 0.3) is 0 Å². The van der Waals surface area contributed by atoms with E-state index in [0.717, 1.165) is 27.8 Å². The summed E-state index contributed by atoms with van der Waals surface area (Å²) in [6.45, 7) is 1.36. The third kappa shape index (κ3) is 4.84. The summed E-state index contributed by atoms with van der Waals surface area (Å²) in [5.41, 5.74) is 3.34. The zero-order chi connectivity index (χ0) is 17.5. The average molecular weight is 354 g/mol. The molecule has 0 saturated carbocycles. The van der Waals surface area contributed by atoms with Crippen LogP contribution in [0.5, 0.6) is 0 Å². The summed E-state index contributed by atoms with van der Waals surface area (Å²) in [7, 11) is 1.76. The molecule has 0 aliphatic heterocycles. The number of rotatable bonds is 5. The highest BCUT2D eigenvalue weighted by Crippen LogP contribution is 2.10. The van der Waals surface area contributed by atoms with E-state index in [1.807, 2.05) is 53.3 Å². The predicted molar refractivity (Wildman–Crippen MR) is 102 cm³/mol. The van der Waals surface area contributed by atoms with Gasteiger partial charge in [-0.05, 0) is 41.5 Å². The summed E-state index contributed by atoms with van der Waals surface area (Å²) in [6, 6.07) is 17.9. The molecule has 0 amide bonds. The molecular weight excluding hydrogens is 334 g/mol. The van der Waals surface area contributed by atoms with Crippen molar-refractivity contribution < 1.29 is 0 Å². The summed E-state index contributed by atoms with van der Waals surface area (Å²) in [5, 5.41) is 11.6. The molecule has 3 aromatic rings. The van der Waals surface area contributed by atoms with Crippen LogP contribution in [0.25, 0.3) is 5.69 Å². The molecule has 2 N–H and O–H groups in total. The number of nitrogens with zero attached hydrogens (tertiary/aromatic N) is 3. The molecule has 2 aromatic carbocycles. The Morgan fingerprint density at radius 2 is 1.80 bits per heavy atom. The lowest BCUT2D eigenvalue weighted by Crippen LogP contribution is -2.36. The lowest BCUT2D eigenvalue weighted by molar-refractivity contribution is 0.806. The largest absolute Gasteiger partial charge is 0.352 e. The molecule has 0 radical (unpaired) electrons. The van der Waals surface area contributed by atoms with Gasteiger partial charge < -0.3 is 10.6 Å². The van der Waals surface area contributed by atoms with Crippen molar-refractivity contribution in [2.75, 3.05) is 7.05 Å². The second-order valence-electron chi connectivity index (χ2n) is 5.53. The first-order valence-electron chi connectivity index (χ1n) is 8.02. The molecular formula is C19H20ClN5. The van der Waals surface area contributed by atoms with Gasteiger partial charge in [0.2, 0.25) is 0 Å². The van der Waals surface area contributed by atoms with Crippen LogP contribution in [0, 0.1) is 0 Å². The van der Waals surface area contributed by atoms with Gasteiger partial charge in [-0.15, -0.1) is 0 Å². The number of hydrogen-bond donors (Lipinski definition) is 2. The van der Waals surface area contributed by atoms with E-state index in [-0.39, 0.29) is 0 Å². The molecule has 128 valence electrons. The van der Waals surface area contributed by atoms with E-state index in [9.17, 15) is 0 Å². The van der Waals surface area contributed by atoms with Crippen molar-refractivity contribution in [1.29, 1.82) is 0 Å². The topological polar surface area (TPSA) is 54.2 Å². The Bertz CT molecular complexity index is 825. The maximum Gasteiger partial charge on any atom is 0.191 e. The zero-order valence-electron chi connectivity index (χ0n) is 14.0. The normalized spacial score (nSPS) is 11.4.